The first-order valence-corrected chi connectivity index (χ1v) is 6.38. The van der Waals surface area contributed by atoms with Crippen molar-refractivity contribution in [2.45, 2.75) is 13.8 Å². The lowest BCUT2D eigenvalue weighted by molar-refractivity contribution is 0.629. The van der Waals surface area contributed by atoms with Gasteiger partial charge in [0, 0.05) is 11.1 Å². The molecule has 0 bridgehead atoms. The van der Waals surface area contributed by atoms with Crippen LogP contribution >= 0.6 is 0 Å². The molecule has 0 fully saturated rings. The van der Waals surface area contributed by atoms with Gasteiger partial charge < -0.3 is 5.32 Å². The lowest BCUT2D eigenvalue weighted by Gasteiger charge is -2.11. The third kappa shape index (κ3) is 2.32. The molecule has 4 heteroatoms. The van der Waals surface area contributed by atoms with Crippen LogP contribution in [0.5, 0.6) is 0 Å². The van der Waals surface area contributed by atoms with E-state index in [9.17, 15) is 4.39 Å². The van der Waals surface area contributed by atoms with Crippen molar-refractivity contribution < 1.29 is 4.39 Å². The van der Waals surface area contributed by atoms with E-state index in [0.717, 1.165) is 11.3 Å². The molecule has 0 amide bonds. The lowest BCUT2D eigenvalue weighted by atomic mass is 10.1. The molecule has 0 unspecified atom stereocenters. The Bertz CT molecular complexity index is 784. The van der Waals surface area contributed by atoms with Crippen molar-refractivity contribution in [1.29, 1.82) is 0 Å². The highest BCUT2D eigenvalue weighted by Crippen LogP contribution is 2.25. The summed E-state index contributed by atoms with van der Waals surface area (Å²) >= 11 is 0. The number of fused-ring (bicyclic) bond motifs is 1. The highest BCUT2D eigenvalue weighted by atomic mass is 19.1. The zero-order valence-corrected chi connectivity index (χ0v) is 11.3. The van der Waals surface area contributed by atoms with Gasteiger partial charge in [0.15, 0.2) is 0 Å². The molecule has 3 aromatic rings. The van der Waals surface area contributed by atoms with Gasteiger partial charge in [-0.25, -0.2) is 14.4 Å². The van der Waals surface area contributed by atoms with Gasteiger partial charge in [0.2, 0.25) is 0 Å². The second-order valence-corrected chi connectivity index (χ2v) is 4.83. The Morgan fingerprint density at radius 2 is 1.85 bits per heavy atom. The molecule has 0 aliphatic rings. The molecular formula is C16H14FN3. The minimum Gasteiger partial charge on any atom is -0.339 e. The van der Waals surface area contributed by atoms with E-state index in [2.05, 4.69) is 21.4 Å². The number of aromatic nitrogens is 2. The Morgan fingerprint density at radius 3 is 2.65 bits per heavy atom. The summed E-state index contributed by atoms with van der Waals surface area (Å²) in [5.41, 5.74) is 3.99. The van der Waals surface area contributed by atoms with Gasteiger partial charge in [-0.3, -0.25) is 0 Å². The first-order valence-electron chi connectivity index (χ1n) is 6.38. The lowest BCUT2D eigenvalue weighted by Crippen LogP contribution is -1.98. The molecule has 0 saturated heterocycles. The summed E-state index contributed by atoms with van der Waals surface area (Å²) in [6, 6.07) is 10.6. The average molecular weight is 267 g/mol. The van der Waals surface area contributed by atoms with Gasteiger partial charge in [-0.15, -0.1) is 0 Å². The molecule has 1 heterocycles. The maximum atomic E-state index is 13.4. The number of anilines is 2. The molecule has 3 nitrogen and oxygen atoms in total. The van der Waals surface area contributed by atoms with Crippen LogP contribution in [-0.4, -0.2) is 9.97 Å². The molecule has 0 radical (unpaired) electrons. The van der Waals surface area contributed by atoms with E-state index in [1.807, 2.05) is 26.0 Å². The van der Waals surface area contributed by atoms with E-state index < -0.39 is 0 Å². The number of hydrogen-bond acceptors (Lipinski definition) is 3. The molecule has 0 aliphatic carbocycles. The van der Waals surface area contributed by atoms with Crippen LogP contribution in [0.2, 0.25) is 0 Å². The SMILES string of the molecule is Cc1ccc(Nc2ncnc3ccc(F)cc23)c(C)c1. The summed E-state index contributed by atoms with van der Waals surface area (Å²) in [5, 5.41) is 3.93. The van der Waals surface area contributed by atoms with Crippen molar-refractivity contribution in [2.75, 3.05) is 5.32 Å². The quantitative estimate of drug-likeness (QED) is 0.758. The van der Waals surface area contributed by atoms with Crippen molar-refractivity contribution in [3.05, 3.63) is 59.7 Å². The molecule has 3 rings (SSSR count). The van der Waals surface area contributed by atoms with Crippen LogP contribution in [0.3, 0.4) is 0 Å². The average Bonchev–Trinajstić information content (AvgIpc) is 2.42. The number of hydrogen-bond donors (Lipinski definition) is 1. The van der Waals surface area contributed by atoms with E-state index in [1.165, 1.54) is 24.0 Å². The second kappa shape index (κ2) is 4.89. The molecule has 1 N–H and O–H groups in total. The van der Waals surface area contributed by atoms with Gasteiger partial charge in [0.1, 0.15) is 18.0 Å². The largest absolute Gasteiger partial charge is 0.339 e. The van der Waals surface area contributed by atoms with E-state index >= 15 is 0 Å². The zero-order valence-electron chi connectivity index (χ0n) is 11.3. The van der Waals surface area contributed by atoms with Crippen molar-refractivity contribution in [1.82, 2.24) is 9.97 Å². The first kappa shape index (κ1) is 12.5. The molecule has 1 aromatic heterocycles. The monoisotopic (exact) mass is 267 g/mol. The van der Waals surface area contributed by atoms with Gasteiger partial charge in [0.05, 0.1) is 5.52 Å². The normalized spacial score (nSPS) is 10.8. The van der Waals surface area contributed by atoms with Gasteiger partial charge in [-0.1, -0.05) is 17.7 Å². The van der Waals surface area contributed by atoms with Crippen molar-refractivity contribution in [2.24, 2.45) is 0 Å². The summed E-state index contributed by atoms with van der Waals surface area (Å²) in [7, 11) is 0. The predicted octanol–water partition coefficient (Wildman–Crippen LogP) is 4.13. The summed E-state index contributed by atoms with van der Waals surface area (Å²) in [6.45, 7) is 4.07. The minimum atomic E-state index is -0.295. The number of benzene rings is 2. The Labute approximate surface area is 116 Å². The van der Waals surface area contributed by atoms with E-state index in [4.69, 9.17) is 0 Å². The fourth-order valence-corrected chi connectivity index (χ4v) is 2.21. The van der Waals surface area contributed by atoms with Crippen molar-refractivity contribution >= 4 is 22.4 Å². The van der Waals surface area contributed by atoms with Crippen LogP contribution in [0.1, 0.15) is 11.1 Å². The molecule has 0 aliphatic heterocycles. The van der Waals surface area contributed by atoms with Crippen LogP contribution in [0.25, 0.3) is 10.9 Å². The van der Waals surface area contributed by atoms with Gasteiger partial charge in [-0.2, -0.15) is 0 Å². The third-order valence-electron chi connectivity index (χ3n) is 3.23. The van der Waals surface area contributed by atoms with Crippen molar-refractivity contribution in [3.63, 3.8) is 0 Å². The standard InChI is InChI=1S/C16H14FN3/c1-10-3-5-14(11(2)7-10)20-16-13-8-12(17)4-6-15(13)18-9-19-16/h3-9H,1-2H3,(H,18,19,20). The highest BCUT2D eigenvalue weighted by molar-refractivity contribution is 5.90. The topological polar surface area (TPSA) is 37.8 Å². The highest BCUT2D eigenvalue weighted by Gasteiger charge is 2.06. The van der Waals surface area contributed by atoms with Gasteiger partial charge in [-0.05, 0) is 43.7 Å². The minimum absolute atomic E-state index is 0.295. The van der Waals surface area contributed by atoms with Crippen LogP contribution in [0, 0.1) is 19.7 Å². The smallest absolute Gasteiger partial charge is 0.141 e. The Morgan fingerprint density at radius 1 is 1.00 bits per heavy atom. The van der Waals surface area contributed by atoms with Crippen LogP contribution < -0.4 is 5.32 Å². The predicted molar refractivity (Wildman–Crippen MR) is 78.7 cm³/mol. The Hall–Kier alpha value is -2.49. The molecular weight excluding hydrogens is 253 g/mol. The molecule has 20 heavy (non-hydrogen) atoms. The number of aryl methyl sites for hydroxylation is 2. The summed E-state index contributed by atoms with van der Waals surface area (Å²) in [5.74, 6) is 0.317. The fourth-order valence-electron chi connectivity index (χ4n) is 2.21. The molecule has 0 atom stereocenters. The van der Waals surface area contributed by atoms with E-state index in [0.29, 0.717) is 16.7 Å². The Kier molecular flexibility index (Phi) is 3.06. The number of nitrogens with one attached hydrogen (secondary N) is 1. The van der Waals surface area contributed by atoms with Gasteiger partial charge in [0.25, 0.3) is 0 Å². The van der Waals surface area contributed by atoms with Crippen LogP contribution in [0.15, 0.2) is 42.7 Å². The Balaban J connectivity index is 2.08. The first-order chi connectivity index (χ1) is 9.63. The fraction of sp³-hybridized carbons (Fsp3) is 0.125. The number of nitrogens with zero attached hydrogens (tertiary/aromatic N) is 2. The zero-order chi connectivity index (χ0) is 14.1. The number of rotatable bonds is 2. The van der Waals surface area contributed by atoms with E-state index in [-0.39, 0.29) is 5.82 Å². The summed E-state index contributed by atoms with van der Waals surface area (Å²) in [4.78, 5) is 8.36. The van der Waals surface area contributed by atoms with Gasteiger partial charge >= 0.3 is 0 Å². The molecule has 2 aromatic carbocycles. The number of halogens is 1. The van der Waals surface area contributed by atoms with Crippen molar-refractivity contribution in [3.8, 4) is 0 Å². The molecule has 0 spiro atoms. The maximum Gasteiger partial charge on any atom is 0.141 e. The molecule has 100 valence electrons. The molecule has 0 saturated carbocycles. The summed E-state index contributed by atoms with van der Waals surface area (Å²) < 4.78 is 13.4. The van der Waals surface area contributed by atoms with E-state index in [1.54, 1.807) is 6.07 Å². The van der Waals surface area contributed by atoms with Crippen LogP contribution in [-0.2, 0) is 0 Å². The summed E-state index contributed by atoms with van der Waals surface area (Å²) in [6.07, 6.45) is 1.48. The van der Waals surface area contributed by atoms with Crippen LogP contribution in [0.4, 0.5) is 15.9 Å². The maximum absolute atomic E-state index is 13.4. The third-order valence-corrected chi connectivity index (χ3v) is 3.23. The second-order valence-electron chi connectivity index (χ2n) is 4.83.